The lowest BCUT2D eigenvalue weighted by molar-refractivity contribution is 0.576. The second-order valence-electron chi connectivity index (χ2n) is 2.44. The second kappa shape index (κ2) is 2.15. The Hall–Kier alpha value is 0.450. The number of hydrogen-bond acceptors (Lipinski definition) is 1. The van der Waals surface area contributed by atoms with Crippen LogP contribution in [0.5, 0.6) is 0 Å². The van der Waals surface area contributed by atoms with Crippen LogP contribution < -0.4 is 0 Å². The van der Waals surface area contributed by atoms with Gasteiger partial charge in [-0.15, -0.1) is 0 Å². The Kier molecular flexibility index (Phi) is 2.28. The molecule has 0 N–H and O–H groups in total. The van der Waals surface area contributed by atoms with E-state index in [9.17, 15) is 4.57 Å². The molecule has 1 nitrogen and oxygen atoms in total. The van der Waals surface area contributed by atoms with Gasteiger partial charge in [-0.2, -0.15) is 0 Å². The first-order chi connectivity index (χ1) is 2.94. The van der Waals surface area contributed by atoms with E-state index in [2.05, 4.69) is 12.2 Å². The minimum Gasteiger partial charge on any atom is -0.0593 e. The van der Waals surface area contributed by atoms with Crippen molar-refractivity contribution in [1.82, 2.24) is 0 Å². The molecule has 0 aliphatic heterocycles. The van der Waals surface area contributed by atoms with Gasteiger partial charge in [0.05, 0.1) is 0 Å². The van der Waals surface area contributed by atoms with Crippen LogP contribution in [0.15, 0.2) is 0 Å². The fourth-order valence-corrected chi connectivity index (χ4v) is 0. The normalized spacial score (nSPS) is 14.0. The van der Waals surface area contributed by atoms with Crippen molar-refractivity contribution >= 4 is 19.3 Å². The van der Waals surface area contributed by atoms with Crippen molar-refractivity contribution in [3.05, 3.63) is 0 Å². The average Bonchev–Trinajstić information content (AvgIpc) is 1.31. The number of hydrogen-bond donors (Lipinski definition) is 1. The van der Waals surface area contributed by atoms with Crippen molar-refractivity contribution in [2.24, 2.45) is 0 Å². The van der Waals surface area contributed by atoms with Gasteiger partial charge >= 0.3 is 7.00 Å². The van der Waals surface area contributed by atoms with Gasteiger partial charge in [0.2, 0.25) is 0 Å². The van der Waals surface area contributed by atoms with Crippen LogP contribution in [0.25, 0.3) is 0 Å². The monoisotopic (exact) mass is 137 g/mol. The molecule has 0 saturated heterocycles. The van der Waals surface area contributed by atoms with Crippen LogP contribution in [0, 0.1) is 0 Å². The summed E-state index contributed by atoms with van der Waals surface area (Å²) in [4.78, 5) is 0. The van der Waals surface area contributed by atoms with E-state index < -0.39 is 7.00 Å². The lowest BCUT2D eigenvalue weighted by atomic mass is 10.3. The first-order valence-corrected chi connectivity index (χ1v) is 4.52. The summed E-state index contributed by atoms with van der Waals surface area (Å²) < 4.78 is 10.5. The Morgan fingerprint density at radius 3 is 1.57 bits per heavy atom. The van der Waals surface area contributed by atoms with Crippen molar-refractivity contribution in [3.63, 3.8) is 0 Å². The Morgan fingerprint density at radius 2 is 1.57 bits per heavy atom. The second-order valence-corrected chi connectivity index (χ2v) is 5.42. The number of thiol groups is 1. The summed E-state index contributed by atoms with van der Waals surface area (Å²) in [5, 5.41) is -0.127. The van der Waals surface area contributed by atoms with Crippen molar-refractivity contribution < 1.29 is 4.57 Å². The van der Waals surface area contributed by atoms with E-state index in [1.54, 1.807) is 0 Å². The van der Waals surface area contributed by atoms with Gasteiger partial charge in [-0.1, -0.05) is 4.57 Å². The Balaban J connectivity index is 3.79. The average molecular weight is 137 g/mol. The molecule has 3 heteroatoms. The van der Waals surface area contributed by atoms with Gasteiger partial charge in [-0.3, -0.25) is 0 Å². The van der Waals surface area contributed by atoms with Gasteiger partial charge in [0.1, 0.15) is 12.2 Å². The summed E-state index contributed by atoms with van der Waals surface area (Å²) in [5.41, 5.74) is 0. The predicted molar refractivity (Wildman–Crippen MR) is 36.3 cm³/mol. The molecule has 0 aromatic rings. The molecule has 0 bridgehead atoms. The molecule has 42 valence electrons. The minimum absolute atomic E-state index is 0.127. The van der Waals surface area contributed by atoms with Gasteiger partial charge in [0.25, 0.3) is 0 Å². The molecule has 0 saturated carbocycles. The zero-order valence-electron chi connectivity index (χ0n) is 4.80. The first kappa shape index (κ1) is 7.45. The van der Waals surface area contributed by atoms with E-state index in [1.165, 1.54) is 0 Å². The minimum atomic E-state index is -1.30. The zero-order chi connectivity index (χ0) is 6.08. The molecule has 7 heavy (non-hydrogen) atoms. The predicted octanol–water partition coefficient (Wildman–Crippen LogP) is 2.46. The van der Waals surface area contributed by atoms with E-state index in [1.807, 2.05) is 20.8 Å². The van der Waals surface area contributed by atoms with E-state index >= 15 is 0 Å². The molecule has 0 amide bonds. The zero-order valence-corrected chi connectivity index (χ0v) is 6.59. The lowest BCUT2D eigenvalue weighted by Crippen LogP contribution is -2.03. The molecular weight excluding hydrogens is 127 g/mol. The van der Waals surface area contributed by atoms with Crippen LogP contribution in [-0.2, 0) is 4.57 Å². The van der Waals surface area contributed by atoms with Crippen LogP contribution in [0.2, 0.25) is 0 Å². The van der Waals surface area contributed by atoms with Gasteiger partial charge in [-0.05, 0) is 20.8 Å². The standard InChI is InChI=1S/C4H9OPS/c1-4(2,3)6(5)7/h1-3H3/p+1. The summed E-state index contributed by atoms with van der Waals surface area (Å²) >= 11 is 3.79. The highest BCUT2D eigenvalue weighted by atomic mass is 32.7. The van der Waals surface area contributed by atoms with Gasteiger partial charge in [0.15, 0.2) is 5.16 Å². The summed E-state index contributed by atoms with van der Waals surface area (Å²) in [6.45, 7) is 5.70. The molecule has 0 radical (unpaired) electrons. The SMILES string of the molecule is CC(C)(C)[P+](=O)S. The topological polar surface area (TPSA) is 17.1 Å². The molecule has 0 fully saturated rings. The fraction of sp³-hybridized carbons (Fsp3) is 1.00. The van der Waals surface area contributed by atoms with Gasteiger partial charge < -0.3 is 0 Å². The van der Waals surface area contributed by atoms with Gasteiger partial charge in [0, 0.05) is 0 Å². The van der Waals surface area contributed by atoms with E-state index in [4.69, 9.17) is 0 Å². The maximum atomic E-state index is 10.5. The highest BCUT2D eigenvalue weighted by molar-refractivity contribution is 8.41. The fourth-order valence-electron chi connectivity index (χ4n) is 0. The summed E-state index contributed by atoms with van der Waals surface area (Å²) in [7, 11) is -1.30. The van der Waals surface area contributed by atoms with Crippen LogP contribution in [0.4, 0.5) is 0 Å². The number of rotatable bonds is 0. The molecule has 1 atom stereocenters. The van der Waals surface area contributed by atoms with Crippen molar-refractivity contribution in [1.29, 1.82) is 0 Å². The molecule has 0 aromatic carbocycles. The highest BCUT2D eigenvalue weighted by Crippen LogP contribution is 2.41. The maximum Gasteiger partial charge on any atom is 0.412 e. The maximum absolute atomic E-state index is 10.5. The smallest absolute Gasteiger partial charge is 0.0593 e. The Morgan fingerprint density at radius 1 is 1.43 bits per heavy atom. The van der Waals surface area contributed by atoms with Crippen molar-refractivity contribution in [2.45, 2.75) is 25.9 Å². The Labute approximate surface area is 50.4 Å². The summed E-state index contributed by atoms with van der Waals surface area (Å²) in [6.07, 6.45) is 0. The first-order valence-electron chi connectivity index (χ1n) is 2.11. The molecule has 0 rings (SSSR count). The largest absolute Gasteiger partial charge is 0.412 e. The Bertz CT molecular complexity index is 84.2. The lowest BCUT2D eigenvalue weighted by Gasteiger charge is -1.97. The van der Waals surface area contributed by atoms with Crippen molar-refractivity contribution in [3.8, 4) is 0 Å². The van der Waals surface area contributed by atoms with Crippen LogP contribution in [0.3, 0.4) is 0 Å². The van der Waals surface area contributed by atoms with Crippen LogP contribution in [-0.4, -0.2) is 5.16 Å². The molecule has 0 heterocycles. The highest BCUT2D eigenvalue weighted by Gasteiger charge is 2.30. The van der Waals surface area contributed by atoms with Crippen molar-refractivity contribution in [2.75, 3.05) is 0 Å². The third kappa shape index (κ3) is 3.07. The summed E-state index contributed by atoms with van der Waals surface area (Å²) in [5.74, 6) is 0. The molecular formula is C4H10OPS+. The quantitative estimate of drug-likeness (QED) is 0.401. The van der Waals surface area contributed by atoms with Crippen LogP contribution >= 0.6 is 19.3 Å². The molecule has 0 aromatic heterocycles. The summed E-state index contributed by atoms with van der Waals surface area (Å²) in [6, 6.07) is 0. The van der Waals surface area contributed by atoms with E-state index in [0.29, 0.717) is 0 Å². The molecule has 0 aliphatic rings. The third-order valence-corrected chi connectivity index (χ3v) is 3.52. The molecule has 1 unspecified atom stereocenters. The van der Waals surface area contributed by atoms with Gasteiger partial charge in [-0.25, -0.2) is 0 Å². The third-order valence-electron chi connectivity index (χ3n) is 0.574. The van der Waals surface area contributed by atoms with Crippen LogP contribution in [0.1, 0.15) is 20.8 Å². The van der Waals surface area contributed by atoms with E-state index in [0.717, 1.165) is 0 Å². The molecule has 0 spiro atoms. The van der Waals surface area contributed by atoms with E-state index in [-0.39, 0.29) is 5.16 Å². The molecule has 0 aliphatic carbocycles.